The monoisotopic (exact) mass is 463 g/mol. The van der Waals surface area contributed by atoms with Gasteiger partial charge in [-0.1, -0.05) is 44.5 Å². The SMILES string of the molecule is CCC(C)N(CC(=O)c1c(C(C)C)[nH]n(-c2ccc(C)cc2)c1=O)C(=O)c1cccc(OC)c1. The van der Waals surface area contributed by atoms with E-state index < -0.39 is 5.56 Å². The fourth-order valence-electron chi connectivity index (χ4n) is 3.82. The van der Waals surface area contributed by atoms with Gasteiger partial charge in [0.15, 0.2) is 5.78 Å². The van der Waals surface area contributed by atoms with E-state index in [4.69, 9.17) is 4.74 Å². The Labute approximate surface area is 200 Å². The van der Waals surface area contributed by atoms with Gasteiger partial charge >= 0.3 is 0 Å². The Balaban J connectivity index is 2.00. The number of ether oxygens (including phenoxy) is 1. The fraction of sp³-hybridized carbons (Fsp3) is 0.370. The minimum Gasteiger partial charge on any atom is -0.497 e. The summed E-state index contributed by atoms with van der Waals surface area (Å²) < 4.78 is 6.65. The van der Waals surface area contributed by atoms with Crippen LogP contribution in [0, 0.1) is 6.92 Å². The average molecular weight is 464 g/mol. The van der Waals surface area contributed by atoms with Crippen LogP contribution in [0.3, 0.4) is 0 Å². The van der Waals surface area contributed by atoms with Crippen molar-refractivity contribution in [1.29, 1.82) is 0 Å². The molecule has 180 valence electrons. The number of methoxy groups -OCH3 is 1. The van der Waals surface area contributed by atoms with E-state index in [0.717, 1.165) is 5.56 Å². The number of rotatable bonds is 9. The molecule has 7 heteroatoms. The van der Waals surface area contributed by atoms with Crippen LogP contribution in [0.4, 0.5) is 0 Å². The molecule has 0 aliphatic heterocycles. The average Bonchev–Trinajstić information content (AvgIpc) is 3.19. The van der Waals surface area contributed by atoms with Crippen molar-refractivity contribution in [3.8, 4) is 11.4 Å². The van der Waals surface area contributed by atoms with E-state index in [1.807, 2.05) is 58.9 Å². The first-order valence-electron chi connectivity index (χ1n) is 11.6. The highest BCUT2D eigenvalue weighted by atomic mass is 16.5. The van der Waals surface area contributed by atoms with E-state index in [1.54, 1.807) is 24.3 Å². The standard InChI is InChI=1S/C27H33N3O4/c1-7-19(5)29(26(32)20-9-8-10-22(15-20)34-6)16-23(31)24-25(17(2)3)28-30(27(24)33)21-13-11-18(4)12-14-21/h8-15,17,19,28H,7,16H2,1-6H3. The second kappa shape index (κ2) is 10.5. The van der Waals surface area contributed by atoms with Gasteiger partial charge in [-0.2, -0.15) is 0 Å². The Kier molecular flexibility index (Phi) is 7.76. The molecule has 0 spiro atoms. The topological polar surface area (TPSA) is 84.4 Å². The third-order valence-electron chi connectivity index (χ3n) is 6.08. The second-order valence-corrected chi connectivity index (χ2v) is 8.88. The van der Waals surface area contributed by atoms with Crippen LogP contribution in [-0.2, 0) is 0 Å². The molecule has 1 amide bonds. The van der Waals surface area contributed by atoms with Crippen LogP contribution in [0.25, 0.3) is 5.69 Å². The summed E-state index contributed by atoms with van der Waals surface area (Å²) in [6.07, 6.45) is 0.667. The molecule has 0 saturated heterocycles. The molecule has 1 atom stereocenters. The first-order chi connectivity index (χ1) is 16.2. The number of nitrogens with zero attached hydrogens (tertiary/aromatic N) is 2. The predicted molar refractivity (Wildman–Crippen MR) is 133 cm³/mol. The van der Waals surface area contributed by atoms with Gasteiger partial charge in [-0.3, -0.25) is 19.5 Å². The number of hydrogen-bond acceptors (Lipinski definition) is 4. The van der Waals surface area contributed by atoms with Crippen molar-refractivity contribution in [2.24, 2.45) is 0 Å². The smallest absolute Gasteiger partial charge is 0.282 e. The number of H-pyrrole nitrogens is 1. The van der Waals surface area contributed by atoms with Crippen LogP contribution in [0.5, 0.6) is 5.75 Å². The number of carbonyl (C=O) groups is 2. The predicted octanol–water partition coefficient (Wildman–Crippen LogP) is 4.73. The number of aromatic nitrogens is 2. The number of Topliss-reactive ketones (excluding diaryl/α,β-unsaturated/α-hetero) is 1. The summed E-state index contributed by atoms with van der Waals surface area (Å²) in [5.41, 5.74) is 2.42. The first-order valence-corrected chi connectivity index (χ1v) is 11.6. The maximum absolute atomic E-state index is 13.5. The van der Waals surface area contributed by atoms with Crippen molar-refractivity contribution in [3.05, 3.63) is 81.3 Å². The Hall–Kier alpha value is -3.61. The van der Waals surface area contributed by atoms with E-state index in [0.29, 0.717) is 29.1 Å². The van der Waals surface area contributed by atoms with Crippen LogP contribution < -0.4 is 10.3 Å². The molecule has 1 unspecified atom stereocenters. The molecule has 2 aromatic carbocycles. The van der Waals surface area contributed by atoms with E-state index >= 15 is 0 Å². The Morgan fingerprint density at radius 2 is 1.76 bits per heavy atom. The lowest BCUT2D eigenvalue weighted by Crippen LogP contribution is -2.42. The summed E-state index contributed by atoms with van der Waals surface area (Å²) in [7, 11) is 1.54. The number of aryl methyl sites for hydroxylation is 1. The number of nitrogens with one attached hydrogen (secondary N) is 1. The van der Waals surface area contributed by atoms with Gasteiger partial charge in [-0.15, -0.1) is 0 Å². The van der Waals surface area contributed by atoms with Crippen LogP contribution in [-0.4, -0.2) is 46.1 Å². The molecule has 3 rings (SSSR count). The largest absolute Gasteiger partial charge is 0.497 e. The lowest BCUT2D eigenvalue weighted by molar-refractivity contribution is 0.0644. The highest BCUT2D eigenvalue weighted by Gasteiger charge is 2.29. The Morgan fingerprint density at radius 3 is 2.35 bits per heavy atom. The van der Waals surface area contributed by atoms with Gasteiger partial charge in [-0.25, -0.2) is 4.68 Å². The number of benzene rings is 2. The highest BCUT2D eigenvalue weighted by molar-refractivity contribution is 6.03. The molecule has 0 fully saturated rings. The van der Waals surface area contributed by atoms with Gasteiger partial charge < -0.3 is 9.64 Å². The zero-order valence-corrected chi connectivity index (χ0v) is 20.7. The maximum Gasteiger partial charge on any atom is 0.282 e. The molecule has 0 bridgehead atoms. The fourth-order valence-corrected chi connectivity index (χ4v) is 3.82. The van der Waals surface area contributed by atoms with Crippen molar-refractivity contribution in [1.82, 2.24) is 14.7 Å². The van der Waals surface area contributed by atoms with Crippen molar-refractivity contribution >= 4 is 11.7 Å². The van der Waals surface area contributed by atoms with Gasteiger partial charge in [0.25, 0.3) is 11.5 Å². The van der Waals surface area contributed by atoms with Gasteiger partial charge in [0, 0.05) is 11.6 Å². The number of amides is 1. The summed E-state index contributed by atoms with van der Waals surface area (Å²) in [6, 6.07) is 14.2. The summed E-state index contributed by atoms with van der Waals surface area (Å²) in [5, 5.41) is 3.12. The summed E-state index contributed by atoms with van der Waals surface area (Å²) >= 11 is 0. The first kappa shape index (κ1) is 25.0. The van der Waals surface area contributed by atoms with Crippen LogP contribution in [0.2, 0.25) is 0 Å². The zero-order chi connectivity index (χ0) is 25.0. The van der Waals surface area contributed by atoms with Gasteiger partial charge in [0.2, 0.25) is 0 Å². The number of carbonyl (C=O) groups excluding carboxylic acids is 2. The highest BCUT2D eigenvalue weighted by Crippen LogP contribution is 2.20. The van der Waals surface area contributed by atoms with Crippen molar-refractivity contribution in [2.75, 3.05) is 13.7 Å². The van der Waals surface area contributed by atoms with Crippen LogP contribution in [0.15, 0.2) is 53.3 Å². The number of ketones is 1. The summed E-state index contributed by atoms with van der Waals surface area (Å²) in [6.45, 7) is 9.49. The number of hydrogen-bond donors (Lipinski definition) is 1. The Bertz CT molecular complexity index is 1220. The molecular formula is C27H33N3O4. The van der Waals surface area contributed by atoms with Gasteiger partial charge in [0.05, 0.1) is 25.0 Å². The molecule has 0 saturated carbocycles. The third-order valence-corrected chi connectivity index (χ3v) is 6.08. The minimum atomic E-state index is -0.407. The molecule has 0 radical (unpaired) electrons. The third kappa shape index (κ3) is 5.14. The molecular weight excluding hydrogens is 430 g/mol. The molecule has 1 aromatic heterocycles. The van der Waals surface area contributed by atoms with Crippen molar-refractivity contribution in [3.63, 3.8) is 0 Å². The van der Waals surface area contributed by atoms with Gasteiger partial charge in [0.1, 0.15) is 11.3 Å². The van der Waals surface area contributed by atoms with Crippen LogP contribution in [0.1, 0.15) is 72.0 Å². The second-order valence-electron chi connectivity index (χ2n) is 8.88. The van der Waals surface area contributed by atoms with Crippen molar-refractivity contribution in [2.45, 2.75) is 53.0 Å². The number of aromatic amines is 1. The van der Waals surface area contributed by atoms with Crippen LogP contribution >= 0.6 is 0 Å². The Morgan fingerprint density at radius 1 is 1.09 bits per heavy atom. The summed E-state index contributed by atoms with van der Waals surface area (Å²) in [5.74, 6) is -0.172. The molecule has 1 N–H and O–H groups in total. The lowest BCUT2D eigenvalue weighted by Gasteiger charge is -2.28. The normalized spacial score (nSPS) is 12.0. The minimum absolute atomic E-state index is 0.0792. The quantitative estimate of drug-likeness (QED) is 0.465. The molecule has 0 aliphatic rings. The van der Waals surface area contributed by atoms with Gasteiger partial charge in [-0.05, 0) is 56.5 Å². The molecule has 7 nitrogen and oxygen atoms in total. The van der Waals surface area contributed by atoms with E-state index in [2.05, 4.69) is 5.10 Å². The molecule has 34 heavy (non-hydrogen) atoms. The lowest BCUT2D eigenvalue weighted by atomic mass is 10.0. The molecule has 3 aromatic rings. The van der Waals surface area contributed by atoms with E-state index in [-0.39, 0.29) is 35.8 Å². The van der Waals surface area contributed by atoms with E-state index in [9.17, 15) is 14.4 Å². The molecule has 0 aliphatic carbocycles. The van der Waals surface area contributed by atoms with E-state index in [1.165, 1.54) is 16.7 Å². The zero-order valence-electron chi connectivity index (χ0n) is 20.7. The molecule has 1 heterocycles. The van der Waals surface area contributed by atoms with Crippen molar-refractivity contribution < 1.29 is 14.3 Å². The maximum atomic E-state index is 13.5. The summed E-state index contributed by atoms with van der Waals surface area (Å²) in [4.78, 5) is 41.8.